The quantitative estimate of drug-likeness (QED) is 0.311. The number of likely N-dealkylation sites (tertiary alicyclic amines) is 1. The smallest absolute Gasteiger partial charge is 0.277 e. The fourth-order valence-electron chi connectivity index (χ4n) is 4.28. The highest BCUT2D eigenvalue weighted by atomic mass is 16.6. The number of aliphatic hydroxyl groups is 1. The second-order valence-electron chi connectivity index (χ2n) is 9.22. The predicted octanol–water partition coefficient (Wildman–Crippen LogP) is 2.53. The zero-order valence-corrected chi connectivity index (χ0v) is 20.9. The number of ether oxygens (including phenoxy) is 2. The topological polar surface area (TPSA) is 122 Å². The van der Waals surface area contributed by atoms with E-state index in [2.05, 4.69) is 27.4 Å². The number of hydrazone groups is 1. The summed E-state index contributed by atoms with van der Waals surface area (Å²) in [7, 11) is 2.11. The van der Waals surface area contributed by atoms with Gasteiger partial charge in [-0.2, -0.15) is 5.10 Å². The lowest BCUT2D eigenvalue weighted by molar-refractivity contribution is -0.115. The normalized spacial score (nSPS) is 18.9. The molecule has 190 valence electrons. The Hall–Kier alpha value is -3.69. The van der Waals surface area contributed by atoms with Crippen molar-refractivity contribution < 1.29 is 19.4 Å². The average molecular weight is 492 g/mol. The zero-order chi connectivity index (χ0) is 25.7. The molecule has 1 fully saturated rings. The van der Waals surface area contributed by atoms with Gasteiger partial charge in [0.2, 0.25) is 6.29 Å². The summed E-state index contributed by atoms with van der Waals surface area (Å²) in [5, 5.41) is 16.8. The Kier molecular flexibility index (Phi) is 8.02. The molecule has 1 amide bonds. The maximum atomic E-state index is 12.7. The summed E-state index contributed by atoms with van der Waals surface area (Å²) in [4.78, 5) is 19.3. The van der Waals surface area contributed by atoms with Gasteiger partial charge in [-0.15, -0.1) is 0 Å². The highest BCUT2D eigenvalue weighted by Gasteiger charge is 2.27. The summed E-state index contributed by atoms with van der Waals surface area (Å²) in [6.45, 7) is 6.29. The lowest BCUT2D eigenvalue weighted by Crippen LogP contribution is -2.39. The number of nitrogens with two attached hydrogens (primary N) is 1. The number of fused-ring (bicyclic) bond motifs is 1. The van der Waals surface area contributed by atoms with E-state index in [1.165, 1.54) is 6.21 Å². The van der Waals surface area contributed by atoms with Gasteiger partial charge in [0.25, 0.3) is 5.91 Å². The van der Waals surface area contributed by atoms with Gasteiger partial charge < -0.3 is 30.6 Å². The van der Waals surface area contributed by atoms with Crippen molar-refractivity contribution in [3.8, 4) is 11.5 Å². The molecule has 2 aromatic rings. The van der Waals surface area contributed by atoms with E-state index in [4.69, 9.17) is 15.3 Å². The highest BCUT2D eigenvalue weighted by Crippen LogP contribution is 2.37. The van der Waals surface area contributed by atoms with E-state index in [9.17, 15) is 9.90 Å². The second-order valence-corrected chi connectivity index (χ2v) is 9.22. The molecular formula is C27H33N5O4. The highest BCUT2D eigenvalue weighted by molar-refractivity contribution is 6.60. The number of piperidine rings is 1. The molecule has 0 aromatic heterocycles. The van der Waals surface area contributed by atoms with Crippen molar-refractivity contribution >= 4 is 23.9 Å². The number of nitrogens with one attached hydrogen (secondary N) is 1. The first kappa shape index (κ1) is 25.4. The van der Waals surface area contributed by atoms with Gasteiger partial charge in [0.05, 0.1) is 18.5 Å². The summed E-state index contributed by atoms with van der Waals surface area (Å²) < 4.78 is 12.0. The van der Waals surface area contributed by atoms with Crippen molar-refractivity contribution in [3.63, 3.8) is 0 Å². The van der Waals surface area contributed by atoms with Crippen LogP contribution in [0.2, 0.25) is 0 Å². The summed E-state index contributed by atoms with van der Waals surface area (Å²) in [5.41, 5.74) is 3.78. The Labute approximate surface area is 211 Å². The fraction of sp³-hybridized carbons (Fsp3) is 0.370. The number of benzene rings is 2. The molecule has 1 unspecified atom stereocenters. The molecule has 4 N–H and O–H groups in total. The Morgan fingerprint density at radius 2 is 2.06 bits per heavy atom. The molecule has 9 nitrogen and oxygen atoms in total. The number of hydrogen-bond acceptors (Lipinski definition) is 8. The second kappa shape index (κ2) is 11.4. The summed E-state index contributed by atoms with van der Waals surface area (Å²) >= 11 is 0. The Bertz CT molecular complexity index is 1200. The molecule has 2 heterocycles. The number of carbonyl (C=O) groups is 1. The molecule has 1 atom stereocenters. The van der Waals surface area contributed by atoms with E-state index >= 15 is 0 Å². The van der Waals surface area contributed by atoms with Crippen LogP contribution in [0, 0.1) is 13.8 Å². The van der Waals surface area contributed by atoms with E-state index in [0.29, 0.717) is 12.3 Å². The van der Waals surface area contributed by atoms with Gasteiger partial charge in [-0.1, -0.05) is 29.8 Å². The number of aryl methyl sites for hydroxylation is 1. The molecule has 0 aliphatic carbocycles. The molecule has 0 radical (unpaired) electrons. The number of aliphatic imine (C=N–C) groups is 1. The SMILES string of the molecule is Cc1cccc(CN=CC(=NN)C(=O)NC2=Cc3ccc(OC4CCN(C)CC4)c(C)c3OC2O)c1. The number of amides is 1. The van der Waals surface area contributed by atoms with Gasteiger partial charge in [-0.05, 0) is 57.5 Å². The number of nitrogens with zero attached hydrogens (tertiary/aromatic N) is 3. The minimum Gasteiger partial charge on any atom is -0.490 e. The lowest BCUT2D eigenvalue weighted by atomic mass is 10.0. The maximum Gasteiger partial charge on any atom is 0.277 e. The summed E-state index contributed by atoms with van der Waals surface area (Å²) in [5.74, 6) is 6.09. The van der Waals surface area contributed by atoms with Gasteiger partial charge in [-0.25, -0.2) is 0 Å². The number of rotatable bonds is 7. The molecule has 2 aliphatic heterocycles. The van der Waals surface area contributed by atoms with E-state index in [1.807, 2.05) is 50.2 Å². The zero-order valence-electron chi connectivity index (χ0n) is 20.9. The van der Waals surface area contributed by atoms with Gasteiger partial charge in [-0.3, -0.25) is 9.79 Å². The summed E-state index contributed by atoms with van der Waals surface area (Å²) in [6, 6.07) is 11.7. The number of aliphatic hydroxyl groups excluding tert-OH is 1. The molecule has 0 spiro atoms. The van der Waals surface area contributed by atoms with Gasteiger partial charge in [0, 0.05) is 24.2 Å². The van der Waals surface area contributed by atoms with Crippen LogP contribution in [0.15, 0.2) is 52.2 Å². The van der Waals surface area contributed by atoms with E-state index in [1.54, 1.807) is 6.08 Å². The van der Waals surface area contributed by atoms with E-state index in [-0.39, 0.29) is 17.5 Å². The monoisotopic (exact) mass is 491 g/mol. The van der Waals surface area contributed by atoms with Crippen LogP contribution in [0.5, 0.6) is 11.5 Å². The van der Waals surface area contributed by atoms with Crippen LogP contribution in [-0.2, 0) is 11.3 Å². The molecule has 4 rings (SSSR count). The van der Waals surface area contributed by atoms with Crippen molar-refractivity contribution in [3.05, 3.63) is 64.3 Å². The Morgan fingerprint density at radius 1 is 1.28 bits per heavy atom. The maximum absolute atomic E-state index is 12.7. The average Bonchev–Trinajstić information content (AvgIpc) is 2.86. The molecule has 0 bridgehead atoms. The first-order chi connectivity index (χ1) is 17.3. The standard InChI is InChI=1S/C27H33N5O4/c1-17-5-4-6-19(13-17)15-29-16-23(31-28)26(33)30-22-14-20-7-8-24(18(2)25(20)36-27(22)34)35-21-9-11-32(3)12-10-21/h4-8,13-14,16,21,27,34H,9-12,15,28H2,1-3H3,(H,30,33). The Morgan fingerprint density at radius 3 is 2.78 bits per heavy atom. The van der Waals surface area contributed by atoms with Gasteiger partial charge in [0.15, 0.2) is 5.71 Å². The van der Waals surface area contributed by atoms with Crippen molar-refractivity contribution in [1.29, 1.82) is 0 Å². The molecule has 0 saturated carbocycles. The van der Waals surface area contributed by atoms with E-state index in [0.717, 1.165) is 53.9 Å². The van der Waals surface area contributed by atoms with Crippen LogP contribution in [-0.4, -0.2) is 60.4 Å². The lowest BCUT2D eigenvalue weighted by Gasteiger charge is -2.31. The number of hydrogen-bond donors (Lipinski definition) is 3. The van der Waals surface area contributed by atoms with Crippen LogP contribution in [0.3, 0.4) is 0 Å². The Balaban J connectivity index is 1.42. The van der Waals surface area contributed by atoms with Gasteiger partial charge in [0.1, 0.15) is 17.6 Å². The third-order valence-corrected chi connectivity index (χ3v) is 6.35. The molecule has 9 heteroatoms. The first-order valence-corrected chi connectivity index (χ1v) is 12.0. The van der Waals surface area contributed by atoms with Crippen LogP contribution in [0.1, 0.15) is 35.1 Å². The molecule has 2 aliphatic rings. The first-order valence-electron chi connectivity index (χ1n) is 12.0. The third kappa shape index (κ3) is 6.10. The van der Waals surface area contributed by atoms with Crippen LogP contribution >= 0.6 is 0 Å². The minimum absolute atomic E-state index is 0.0698. The van der Waals surface area contributed by atoms with Gasteiger partial charge >= 0.3 is 0 Å². The predicted molar refractivity (Wildman–Crippen MR) is 140 cm³/mol. The van der Waals surface area contributed by atoms with Crippen molar-refractivity contribution in [1.82, 2.24) is 10.2 Å². The molecule has 36 heavy (non-hydrogen) atoms. The molecule has 2 aromatic carbocycles. The van der Waals surface area contributed by atoms with Crippen LogP contribution in [0.4, 0.5) is 0 Å². The van der Waals surface area contributed by atoms with Crippen LogP contribution < -0.4 is 20.6 Å². The molecule has 1 saturated heterocycles. The van der Waals surface area contributed by atoms with Crippen molar-refractivity contribution in [2.45, 2.75) is 45.6 Å². The van der Waals surface area contributed by atoms with Crippen molar-refractivity contribution in [2.75, 3.05) is 20.1 Å². The summed E-state index contributed by atoms with van der Waals surface area (Å²) in [6.07, 6.45) is 3.71. The largest absolute Gasteiger partial charge is 0.490 e. The van der Waals surface area contributed by atoms with E-state index < -0.39 is 12.2 Å². The number of carbonyl (C=O) groups excluding carboxylic acids is 1. The minimum atomic E-state index is -1.36. The fourth-order valence-corrected chi connectivity index (χ4v) is 4.28. The van der Waals surface area contributed by atoms with Crippen molar-refractivity contribution in [2.24, 2.45) is 15.9 Å². The van der Waals surface area contributed by atoms with Crippen LogP contribution in [0.25, 0.3) is 6.08 Å². The molecular weight excluding hydrogens is 458 g/mol. The third-order valence-electron chi connectivity index (χ3n) is 6.35.